The Balaban J connectivity index is 1.73. The van der Waals surface area contributed by atoms with Crippen molar-refractivity contribution in [3.63, 3.8) is 0 Å². The van der Waals surface area contributed by atoms with Crippen molar-refractivity contribution in [2.45, 2.75) is 30.4 Å². The Morgan fingerprint density at radius 1 is 1.29 bits per heavy atom. The molecule has 0 saturated carbocycles. The highest BCUT2D eigenvalue weighted by Gasteiger charge is 2.28. The highest BCUT2D eigenvalue weighted by Crippen LogP contribution is 2.32. The van der Waals surface area contributed by atoms with E-state index in [1.165, 1.54) is 25.1 Å². The number of hydrogen-bond donors (Lipinski definition) is 2. The van der Waals surface area contributed by atoms with Crippen LogP contribution in [0.3, 0.4) is 0 Å². The number of anilines is 2. The van der Waals surface area contributed by atoms with Gasteiger partial charge in [0.15, 0.2) is 16.4 Å². The molecule has 9 heteroatoms. The molecule has 3 rings (SSSR count). The highest BCUT2D eigenvalue weighted by molar-refractivity contribution is 7.92. The number of benzene rings is 2. The fourth-order valence-corrected chi connectivity index (χ4v) is 4.40. The molecule has 1 aliphatic heterocycles. The lowest BCUT2D eigenvalue weighted by atomic mass is 10.2. The van der Waals surface area contributed by atoms with E-state index < -0.39 is 21.0 Å². The van der Waals surface area contributed by atoms with Crippen molar-refractivity contribution in [3.05, 3.63) is 47.0 Å². The summed E-state index contributed by atoms with van der Waals surface area (Å²) in [5.41, 5.74) is 1.79. The number of fused-ring (bicyclic) bond motifs is 1. The number of hydrogen-bond acceptors (Lipinski definition) is 5. The Morgan fingerprint density at radius 2 is 2.04 bits per heavy atom. The van der Waals surface area contributed by atoms with Crippen LogP contribution in [0.4, 0.5) is 11.4 Å². The maximum atomic E-state index is 12.8. The fraction of sp³-hybridized carbons (Fsp3) is 0.263. The average Bonchev–Trinajstić information content (AvgIpc) is 2.63. The van der Waals surface area contributed by atoms with Crippen molar-refractivity contribution >= 4 is 44.6 Å². The van der Waals surface area contributed by atoms with Crippen molar-refractivity contribution in [1.82, 2.24) is 0 Å². The lowest BCUT2D eigenvalue weighted by Crippen LogP contribution is -2.27. The summed E-state index contributed by atoms with van der Waals surface area (Å²) in [6.45, 7) is 3.17. The van der Waals surface area contributed by atoms with Crippen LogP contribution in [0.15, 0.2) is 41.3 Å². The molecule has 1 heterocycles. The van der Waals surface area contributed by atoms with Gasteiger partial charge in [0.25, 0.3) is 5.91 Å². The van der Waals surface area contributed by atoms with E-state index in [9.17, 15) is 18.0 Å². The number of amides is 2. The zero-order valence-corrected chi connectivity index (χ0v) is 16.9. The maximum absolute atomic E-state index is 12.8. The van der Waals surface area contributed by atoms with Crippen LogP contribution >= 0.6 is 11.6 Å². The third-order valence-electron chi connectivity index (χ3n) is 4.32. The van der Waals surface area contributed by atoms with Crippen molar-refractivity contribution in [3.8, 4) is 5.75 Å². The zero-order valence-electron chi connectivity index (χ0n) is 15.3. The molecular formula is C19H19ClN2O5S. The summed E-state index contributed by atoms with van der Waals surface area (Å²) in [5.74, 6) is -0.477. The van der Waals surface area contributed by atoms with E-state index in [2.05, 4.69) is 10.6 Å². The Hall–Kier alpha value is -2.58. The second-order valence-electron chi connectivity index (χ2n) is 6.59. The molecule has 0 saturated heterocycles. The molecule has 2 amide bonds. The smallest absolute Gasteiger partial charge is 0.262 e. The number of nitrogens with one attached hydrogen (secondary N) is 2. The maximum Gasteiger partial charge on any atom is 0.262 e. The second-order valence-corrected chi connectivity index (χ2v) is 9.36. The summed E-state index contributed by atoms with van der Waals surface area (Å²) < 4.78 is 30.9. The van der Waals surface area contributed by atoms with E-state index in [1.54, 1.807) is 18.2 Å². The zero-order chi connectivity index (χ0) is 20.5. The number of sulfone groups is 1. The molecule has 0 fully saturated rings. The van der Waals surface area contributed by atoms with E-state index in [4.69, 9.17) is 16.3 Å². The van der Waals surface area contributed by atoms with Gasteiger partial charge in [0, 0.05) is 12.5 Å². The van der Waals surface area contributed by atoms with E-state index in [0.717, 1.165) is 5.56 Å². The molecule has 1 atom stereocenters. The molecule has 2 aromatic rings. The fourth-order valence-electron chi connectivity index (χ4n) is 2.76. The molecule has 2 N–H and O–H groups in total. The van der Waals surface area contributed by atoms with Crippen LogP contribution in [0, 0.1) is 6.92 Å². The summed E-state index contributed by atoms with van der Waals surface area (Å²) >= 11 is 6.10. The predicted octanol–water partition coefficient (Wildman–Crippen LogP) is 3.17. The van der Waals surface area contributed by atoms with Crippen LogP contribution in [0.1, 0.15) is 18.9 Å². The molecule has 2 aromatic carbocycles. The Kier molecular flexibility index (Phi) is 5.62. The highest BCUT2D eigenvalue weighted by atomic mass is 35.5. The molecule has 28 heavy (non-hydrogen) atoms. The molecule has 0 aromatic heterocycles. The van der Waals surface area contributed by atoms with Gasteiger partial charge in [-0.05, 0) is 43.7 Å². The number of ether oxygens (including phenoxy) is 1. The largest absolute Gasteiger partial charge is 0.482 e. The van der Waals surface area contributed by atoms with Gasteiger partial charge in [-0.25, -0.2) is 8.42 Å². The molecule has 1 aliphatic rings. The first-order chi connectivity index (χ1) is 13.2. The van der Waals surface area contributed by atoms with Gasteiger partial charge in [-0.1, -0.05) is 17.7 Å². The van der Waals surface area contributed by atoms with E-state index in [0.29, 0.717) is 16.4 Å². The van der Waals surface area contributed by atoms with Crippen molar-refractivity contribution in [2.24, 2.45) is 0 Å². The number of carbonyl (C=O) groups is 2. The Labute approximate surface area is 168 Å². The molecule has 0 radical (unpaired) electrons. The normalized spacial score (nSPS) is 14.5. The van der Waals surface area contributed by atoms with E-state index >= 15 is 0 Å². The minimum Gasteiger partial charge on any atom is -0.482 e. The van der Waals surface area contributed by atoms with Crippen LogP contribution in [0.25, 0.3) is 0 Å². The van der Waals surface area contributed by atoms with Crippen molar-refractivity contribution in [2.75, 3.05) is 17.2 Å². The summed E-state index contributed by atoms with van der Waals surface area (Å²) in [6.07, 6.45) is -0.235. The molecule has 0 spiro atoms. The van der Waals surface area contributed by atoms with Gasteiger partial charge in [-0.15, -0.1) is 0 Å². The number of aryl methyl sites for hydroxylation is 1. The first kappa shape index (κ1) is 20.2. The summed E-state index contributed by atoms with van der Waals surface area (Å²) in [4.78, 5) is 23.6. The Bertz CT molecular complexity index is 1050. The van der Waals surface area contributed by atoms with Crippen LogP contribution in [-0.2, 0) is 19.4 Å². The third-order valence-corrected chi connectivity index (χ3v) is 6.77. The second kappa shape index (κ2) is 7.81. The van der Waals surface area contributed by atoms with Gasteiger partial charge in [0.1, 0.15) is 5.75 Å². The Morgan fingerprint density at radius 3 is 2.75 bits per heavy atom. The molecule has 148 valence electrons. The van der Waals surface area contributed by atoms with E-state index in [1.807, 2.05) is 6.92 Å². The lowest BCUT2D eigenvalue weighted by molar-refractivity contribution is -0.118. The molecule has 0 aliphatic carbocycles. The molecule has 7 nitrogen and oxygen atoms in total. The number of halogens is 1. The van der Waals surface area contributed by atoms with Crippen LogP contribution < -0.4 is 15.4 Å². The number of rotatable bonds is 5. The van der Waals surface area contributed by atoms with Gasteiger partial charge in [0.2, 0.25) is 5.91 Å². The predicted molar refractivity (Wildman–Crippen MR) is 107 cm³/mol. The first-order valence-electron chi connectivity index (χ1n) is 8.53. The van der Waals surface area contributed by atoms with E-state index in [-0.39, 0.29) is 29.6 Å². The SMILES string of the molecule is Cc1ccc(NC(=O)CC(C)S(=O)(=O)c2ccc3c(c2)OCC(=O)N3)c(Cl)c1. The van der Waals surface area contributed by atoms with Gasteiger partial charge >= 0.3 is 0 Å². The molecular weight excluding hydrogens is 404 g/mol. The van der Waals surface area contributed by atoms with Crippen LogP contribution in [-0.4, -0.2) is 32.1 Å². The summed E-state index contributed by atoms with van der Waals surface area (Å²) in [6, 6.07) is 9.39. The minimum atomic E-state index is -3.78. The summed E-state index contributed by atoms with van der Waals surface area (Å²) in [5, 5.41) is 4.66. The topological polar surface area (TPSA) is 102 Å². The molecule has 0 bridgehead atoms. The van der Waals surface area contributed by atoms with Gasteiger partial charge < -0.3 is 15.4 Å². The quantitative estimate of drug-likeness (QED) is 0.770. The van der Waals surface area contributed by atoms with Crippen molar-refractivity contribution < 1.29 is 22.7 Å². The third kappa shape index (κ3) is 4.28. The van der Waals surface area contributed by atoms with Crippen LogP contribution in [0.5, 0.6) is 5.75 Å². The molecule has 1 unspecified atom stereocenters. The monoisotopic (exact) mass is 422 g/mol. The van der Waals surface area contributed by atoms with Gasteiger partial charge in [-0.3, -0.25) is 9.59 Å². The van der Waals surface area contributed by atoms with Gasteiger partial charge in [-0.2, -0.15) is 0 Å². The standard InChI is InChI=1S/C19H19ClN2O5S/c1-11-3-5-15(14(20)7-11)21-18(23)8-12(2)28(25,26)13-4-6-16-17(9-13)27-10-19(24)22-16/h3-7,9,12H,8,10H2,1-2H3,(H,21,23)(H,22,24). The average molecular weight is 423 g/mol. The lowest BCUT2D eigenvalue weighted by Gasteiger charge is -2.19. The number of carbonyl (C=O) groups excluding carboxylic acids is 2. The summed E-state index contributed by atoms with van der Waals surface area (Å²) in [7, 11) is -3.78. The minimum absolute atomic E-state index is 0.0241. The van der Waals surface area contributed by atoms with Crippen LogP contribution in [0.2, 0.25) is 5.02 Å². The van der Waals surface area contributed by atoms with Crippen molar-refractivity contribution in [1.29, 1.82) is 0 Å². The first-order valence-corrected chi connectivity index (χ1v) is 10.5. The van der Waals surface area contributed by atoms with Gasteiger partial charge in [0.05, 0.1) is 26.5 Å².